The number of hydrogen-bond donors (Lipinski definition) is 2. The Morgan fingerprint density at radius 3 is 2.59 bits per heavy atom. The van der Waals surface area contributed by atoms with E-state index in [1.807, 2.05) is 18.2 Å². The molecule has 2 aromatic carbocycles. The van der Waals surface area contributed by atoms with Crippen molar-refractivity contribution in [2.45, 2.75) is 5.75 Å². The molecule has 0 aliphatic carbocycles. The van der Waals surface area contributed by atoms with Crippen molar-refractivity contribution in [2.24, 2.45) is 0 Å². The molecule has 0 unspecified atom stereocenters. The van der Waals surface area contributed by atoms with Crippen molar-refractivity contribution in [1.82, 2.24) is 5.32 Å². The quantitative estimate of drug-likeness (QED) is 0.607. The summed E-state index contributed by atoms with van der Waals surface area (Å²) in [6, 6.07) is 14.9. The number of carbonyl (C=O) groups is 1. The second-order valence-corrected chi connectivity index (χ2v) is 8.21. The Kier molecular flexibility index (Phi) is 8.19. The van der Waals surface area contributed by atoms with Gasteiger partial charge in [-0.15, -0.1) is 0 Å². The fourth-order valence-electron chi connectivity index (χ4n) is 3.40. The van der Waals surface area contributed by atoms with Crippen LogP contribution in [0, 0.1) is 5.82 Å². The second-order valence-electron chi connectivity index (χ2n) is 7.11. The number of rotatable bonds is 9. The van der Waals surface area contributed by atoms with Gasteiger partial charge in [0.2, 0.25) is 0 Å². The molecule has 0 radical (unpaired) electrons. The SMILES string of the molecule is COc1ccc(N2CC[NH+](CC(=O)NCCSCc3ccccc3F)CC2)cc1. The minimum absolute atomic E-state index is 0.0874. The molecule has 1 saturated heterocycles. The molecule has 1 aliphatic rings. The van der Waals surface area contributed by atoms with Gasteiger partial charge in [0.15, 0.2) is 6.54 Å². The van der Waals surface area contributed by atoms with Crippen molar-refractivity contribution in [2.75, 3.05) is 57.0 Å². The number of hydrogen-bond acceptors (Lipinski definition) is 4. The molecule has 5 nitrogen and oxygen atoms in total. The van der Waals surface area contributed by atoms with Crippen LogP contribution in [0.5, 0.6) is 5.75 Å². The van der Waals surface area contributed by atoms with Crippen LogP contribution in [0.2, 0.25) is 0 Å². The van der Waals surface area contributed by atoms with E-state index in [-0.39, 0.29) is 11.7 Å². The number of quaternary nitrogens is 1. The number of thioether (sulfide) groups is 1. The van der Waals surface area contributed by atoms with Gasteiger partial charge in [0.1, 0.15) is 11.6 Å². The highest BCUT2D eigenvalue weighted by Gasteiger charge is 2.22. The number of nitrogens with one attached hydrogen (secondary N) is 2. The average molecular weight is 419 g/mol. The van der Waals surface area contributed by atoms with E-state index in [9.17, 15) is 9.18 Å². The number of amides is 1. The summed E-state index contributed by atoms with van der Waals surface area (Å²) < 4.78 is 18.8. The van der Waals surface area contributed by atoms with Crippen LogP contribution in [0.25, 0.3) is 0 Å². The van der Waals surface area contributed by atoms with E-state index in [4.69, 9.17) is 4.74 Å². The first-order chi connectivity index (χ1) is 14.2. The molecule has 2 N–H and O–H groups in total. The maximum absolute atomic E-state index is 13.6. The van der Waals surface area contributed by atoms with Crippen molar-refractivity contribution in [3.05, 3.63) is 59.9 Å². The van der Waals surface area contributed by atoms with E-state index in [1.54, 1.807) is 31.0 Å². The van der Waals surface area contributed by atoms with E-state index in [0.717, 1.165) is 37.7 Å². The average Bonchev–Trinajstić information content (AvgIpc) is 2.75. The molecular weight excluding hydrogens is 389 g/mol. The number of nitrogens with zero attached hydrogens (tertiary/aromatic N) is 1. The van der Waals surface area contributed by atoms with Crippen LogP contribution in [0.1, 0.15) is 5.56 Å². The highest BCUT2D eigenvalue weighted by molar-refractivity contribution is 7.98. The van der Waals surface area contributed by atoms with E-state index in [1.165, 1.54) is 16.7 Å². The predicted molar refractivity (Wildman–Crippen MR) is 116 cm³/mol. The summed E-state index contributed by atoms with van der Waals surface area (Å²) in [5.41, 5.74) is 1.91. The van der Waals surface area contributed by atoms with Gasteiger partial charge in [-0.25, -0.2) is 4.39 Å². The molecule has 156 valence electrons. The molecule has 29 heavy (non-hydrogen) atoms. The van der Waals surface area contributed by atoms with Crippen LogP contribution in [0.15, 0.2) is 48.5 Å². The lowest BCUT2D eigenvalue weighted by molar-refractivity contribution is -0.892. The topological polar surface area (TPSA) is 46.0 Å². The first-order valence-electron chi connectivity index (χ1n) is 9.96. The molecule has 0 saturated carbocycles. The van der Waals surface area contributed by atoms with Gasteiger partial charge in [0.05, 0.1) is 33.3 Å². The minimum atomic E-state index is -0.165. The lowest BCUT2D eigenvalue weighted by atomic mass is 10.2. The normalized spacial score (nSPS) is 14.6. The Morgan fingerprint density at radius 2 is 1.90 bits per heavy atom. The third kappa shape index (κ3) is 6.65. The molecule has 3 rings (SSSR count). The van der Waals surface area contributed by atoms with Crippen LogP contribution in [-0.4, -0.2) is 58.0 Å². The molecule has 7 heteroatoms. The zero-order valence-corrected chi connectivity index (χ0v) is 17.6. The monoisotopic (exact) mass is 418 g/mol. The van der Waals surface area contributed by atoms with Crippen LogP contribution in [0.4, 0.5) is 10.1 Å². The maximum Gasteiger partial charge on any atom is 0.275 e. The van der Waals surface area contributed by atoms with Gasteiger partial charge >= 0.3 is 0 Å². The molecule has 0 spiro atoms. The number of ether oxygens (including phenoxy) is 1. The summed E-state index contributed by atoms with van der Waals surface area (Å²) in [5, 5.41) is 2.98. The molecule has 1 amide bonds. The lowest BCUT2D eigenvalue weighted by Gasteiger charge is -2.33. The van der Waals surface area contributed by atoms with Gasteiger partial charge in [-0.3, -0.25) is 4.79 Å². The largest absolute Gasteiger partial charge is 0.497 e. The fourth-order valence-corrected chi connectivity index (χ4v) is 4.25. The van der Waals surface area contributed by atoms with Gasteiger partial charge in [-0.1, -0.05) is 18.2 Å². The van der Waals surface area contributed by atoms with Gasteiger partial charge in [0.25, 0.3) is 5.91 Å². The number of methoxy groups -OCH3 is 1. The minimum Gasteiger partial charge on any atom is -0.497 e. The Balaban J connectivity index is 1.30. The van der Waals surface area contributed by atoms with Crippen LogP contribution in [-0.2, 0) is 10.5 Å². The molecule has 1 fully saturated rings. The second kappa shape index (κ2) is 11.1. The summed E-state index contributed by atoms with van der Waals surface area (Å²) in [6.07, 6.45) is 0. The Bertz CT molecular complexity index is 780. The first-order valence-corrected chi connectivity index (χ1v) is 11.1. The third-order valence-electron chi connectivity index (χ3n) is 5.10. The van der Waals surface area contributed by atoms with Gasteiger partial charge in [-0.05, 0) is 35.9 Å². The van der Waals surface area contributed by atoms with E-state index in [2.05, 4.69) is 22.3 Å². The standard InChI is InChI=1S/C22H28FN3O2S/c1-28-20-8-6-19(7-9-20)26-13-11-25(12-14-26)16-22(27)24-10-15-29-17-18-4-2-3-5-21(18)23/h2-9H,10-17H2,1H3,(H,24,27)/p+1. The molecule has 0 atom stereocenters. The number of benzene rings is 2. The maximum atomic E-state index is 13.6. The highest BCUT2D eigenvalue weighted by atomic mass is 32.2. The van der Waals surface area contributed by atoms with Gasteiger partial charge < -0.3 is 19.9 Å². The van der Waals surface area contributed by atoms with Crippen molar-refractivity contribution in [1.29, 1.82) is 0 Å². The zero-order chi connectivity index (χ0) is 20.5. The molecule has 0 bridgehead atoms. The predicted octanol–water partition coefficient (Wildman–Crippen LogP) is 1.59. The van der Waals surface area contributed by atoms with Crippen LogP contribution < -0.4 is 19.9 Å². The molecule has 0 aromatic heterocycles. The van der Waals surface area contributed by atoms with Gasteiger partial charge in [-0.2, -0.15) is 11.8 Å². The van der Waals surface area contributed by atoms with E-state index in [0.29, 0.717) is 24.4 Å². The summed E-state index contributed by atoms with van der Waals surface area (Å²) in [7, 11) is 1.67. The number of anilines is 1. The van der Waals surface area contributed by atoms with Crippen LogP contribution >= 0.6 is 11.8 Å². The lowest BCUT2D eigenvalue weighted by Crippen LogP contribution is -3.16. The summed E-state index contributed by atoms with van der Waals surface area (Å²) >= 11 is 1.63. The van der Waals surface area contributed by atoms with Gasteiger partial charge in [0, 0.05) is 23.7 Å². The highest BCUT2D eigenvalue weighted by Crippen LogP contribution is 2.19. The Labute approximate surface area is 176 Å². The van der Waals surface area contributed by atoms with Crippen molar-refractivity contribution in [3.8, 4) is 5.75 Å². The molecule has 2 aromatic rings. The summed E-state index contributed by atoms with van der Waals surface area (Å²) in [6.45, 7) is 4.89. The molecular formula is C22H29FN3O2S+. The van der Waals surface area contributed by atoms with E-state index < -0.39 is 0 Å². The smallest absolute Gasteiger partial charge is 0.275 e. The zero-order valence-electron chi connectivity index (χ0n) is 16.8. The first kappa shape index (κ1) is 21.5. The Hall–Kier alpha value is -2.25. The third-order valence-corrected chi connectivity index (χ3v) is 6.11. The number of piperazine rings is 1. The molecule has 1 heterocycles. The van der Waals surface area contributed by atoms with Crippen molar-refractivity contribution < 1.29 is 18.8 Å². The number of halogens is 1. The Morgan fingerprint density at radius 1 is 1.17 bits per heavy atom. The summed E-state index contributed by atoms with van der Waals surface area (Å²) in [4.78, 5) is 15.9. The number of carbonyl (C=O) groups excluding carboxylic acids is 1. The van der Waals surface area contributed by atoms with Crippen molar-refractivity contribution in [3.63, 3.8) is 0 Å². The van der Waals surface area contributed by atoms with Crippen molar-refractivity contribution >= 4 is 23.4 Å². The molecule has 1 aliphatic heterocycles. The fraction of sp³-hybridized carbons (Fsp3) is 0.409. The van der Waals surface area contributed by atoms with Crippen LogP contribution in [0.3, 0.4) is 0 Å². The summed E-state index contributed by atoms with van der Waals surface area (Å²) in [5.74, 6) is 2.19. The van der Waals surface area contributed by atoms with E-state index >= 15 is 0 Å².